The smallest absolute Gasteiger partial charge is 0.343 e. The Labute approximate surface area is 240 Å². The number of halogens is 1. The van der Waals surface area contributed by atoms with Gasteiger partial charge in [0.2, 0.25) is 5.75 Å². The fraction of sp³-hybridized carbons (Fsp3) is 0.241. The van der Waals surface area contributed by atoms with E-state index in [4.69, 9.17) is 26.1 Å². The molecule has 0 spiro atoms. The molecule has 12 heteroatoms. The molecular weight excluding hydrogens is 552 g/mol. The Hall–Kier alpha value is -4.77. The summed E-state index contributed by atoms with van der Waals surface area (Å²) in [6.45, 7) is 5.33. The van der Waals surface area contributed by atoms with Crippen LogP contribution in [0.5, 0.6) is 11.5 Å². The van der Waals surface area contributed by atoms with Crippen LogP contribution >= 0.6 is 11.6 Å². The van der Waals surface area contributed by atoms with Gasteiger partial charge in [-0.05, 0) is 54.3 Å². The predicted molar refractivity (Wildman–Crippen MR) is 155 cm³/mol. The highest BCUT2D eigenvalue weighted by Crippen LogP contribution is 2.35. The van der Waals surface area contributed by atoms with Crippen LogP contribution in [0, 0.1) is 17.0 Å². The minimum atomic E-state index is -0.745. The summed E-state index contributed by atoms with van der Waals surface area (Å²) in [5.41, 5.74) is 1.94. The number of para-hydroxylation sites is 1. The molecule has 3 aromatic carbocycles. The van der Waals surface area contributed by atoms with Gasteiger partial charge in [-0.3, -0.25) is 14.9 Å². The third kappa shape index (κ3) is 6.04. The summed E-state index contributed by atoms with van der Waals surface area (Å²) in [4.78, 5) is 41.3. The topological polar surface area (TPSA) is 135 Å². The number of methoxy groups -OCH3 is 2. The third-order valence-electron chi connectivity index (χ3n) is 6.33. The molecule has 1 aromatic heterocycles. The molecule has 1 heterocycles. The molecule has 0 bridgehead atoms. The molecule has 0 unspecified atom stereocenters. The zero-order valence-corrected chi connectivity index (χ0v) is 23.8. The van der Waals surface area contributed by atoms with Crippen LogP contribution in [0.4, 0.5) is 5.69 Å². The van der Waals surface area contributed by atoms with Crippen molar-refractivity contribution in [2.75, 3.05) is 20.8 Å². The Morgan fingerprint density at radius 1 is 1.20 bits per heavy atom. The van der Waals surface area contributed by atoms with Crippen molar-refractivity contribution >= 4 is 40.4 Å². The first-order valence-electron chi connectivity index (χ1n) is 12.5. The molecule has 41 heavy (non-hydrogen) atoms. The normalized spacial score (nSPS) is 11.3. The Morgan fingerprint density at radius 3 is 2.59 bits per heavy atom. The number of aromatic nitrogens is 2. The van der Waals surface area contributed by atoms with Crippen LogP contribution in [0.2, 0.25) is 5.02 Å². The van der Waals surface area contributed by atoms with E-state index in [1.807, 2.05) is 32.9 Å². The molecule has 0 N–H and O–H groups in total. The third-order valence-corrected chi connectivity index (χ3v) is 6.55. The highest BCUT2D eigenvalue weighted by molar-refractivity contribution is 6.31. The monoisotopic (exact) mass is 578 g/mol. The van der Waals surface area contributed by atoms with Crippen LogP contribution in [0.15, 0.2) is 58.4 Å². The van der Waals surface area contributed by atoms with E-state index in [0.29, 0.717) is 22.2 Å². The van der Waals surface area contributed by atoms with Crippen molar-refractivity contribution in [3.63, 3.8) is 0 Å². The molecule has 11 nitrogen and oxygen atoms in total. The van der Waals surface area contributed by atoms with E-state index < -0.39 is 28.7 Å². The van der Waals surface area contributed by atoms with Gasteiger partial charge in [0.05, 0.1) is 36.3 Å². The molecule has 212 valence electrons. The largest absolute Gasteiger partial charge is 0.496 e. The summed E-state index contributed by atoms with van der Waals surface area (Å²) < 4.78 is 16.7. The van der Waals surface area contributed by atoms with Gasteiger partial charge in [0.1, 0.15) is 5.75 Å². The van der Waals surface area contributed by atoms with Gasteiger partial charge in [-0.25, -0.2) is 9.78 Å². The van der Waals surface area contributed by atoms with Crippen LogP contribution in [-0.4, -0.2) is 47.6 Å². The summed E-state index contributed by atoms with van der Waals surface area (Å²) in [7, 11) is 2.76. The number of ether oxygens (including phenoxy) is 3. The fourth-order valence-electron chi connectivity index (χ4n) is 4.27. The van der Waals surface area contributed by atoms with E-state index in [9.17, 15) is 19.7 Å². The maximum absolute atomic E-state index is 13.7. The molecule has 0 aliphatic carbocycles. The number of aryl methyl sites for hydroxylation is 1. The van der Waals surface area contributed by atoms with Crippen LogP contribution in [0.1, 0.15) is 36.5 Å². The van der Waals surface area contributed by atoms with Gasteiger partial charge in [0.15, 0.2) is 12.4 Å². The van der Waals surface area contributed by atoms with Crippen LogP contribution in [-0.2, 0) is 9.53 Å². The van der Waals surface area contributed by atoms with Crippen LogP contribution < -0.4 is 15.0 Å². The second kappa shape index (κ2) is 12.2. The number of benzene rings is 3. The number of hydrogen-bond donors (Lipinski definition) is 0. The maximum atomic E-state index is 13.7. The SMILES string of the molecule is COC(=O)COc1c(C=Nn2c(-c3cc(C(C)C)c(OC)cc3C)nc3ccccc3c2=O)cc(Cl)cc1[N+](=O)[O-]. The summed E-state index contributed by atoms with van der Waals surface area (Å²) >= 11 is 6.16. The molecule has 0 radical (unpaired) electrons. The van der Waals surface area contributed by atoms with Gasteiger partial charge in [-0.2, -0.15) is 9.78 Å². The lowest BCUT2D eigenvalue weighted by Crippen LogP contribution is -2.21. The number of nitrogens with zero attached hydrogens (tertiary/aromatic N) is 4. The zero-order chi connectivity index (χ0) is 29.8. The quantitative estimate of drug-likeness (QED) is 0.110. The highest BCUT2D eigenvalue weighted by atomic mass is 35.5. The van der Waals surface area contributed by atoms with Crippen molar-refractivity contribution in [2.24, 2.45) is 5.10 Å². The molecule has 0 amide bonds. The molecular formula is C29H27ClN4O7. The van der Waals surface area contributed by atoms with E-state index in [-0.39, 0.29) is 28.1 Å². The number of fused-ring (bicyclic) bond motifs is 1. The first-order valence-corrected chi connectivity index (χ1v) is 12.9. The summed E-state index contributed by atoms with van der Waals surface area (Å²) in [6, 6.07) is 13.1. The Kier molecular flexibility index (Phi) is 8.68. The number of carbonyl (C=O) groups excluding carboxylic acids is 1. The van der Waals surface area contributed by atoms with Crippen molar-refractivity contribution in [1.29, 1.82) is 0 Å². The molecule has 0 saturated carbocycles. The Morgan fingerprint density at radius 2 is 1.93 bits per heavy atom. The number of esters is 1. The van der Waals surface area contributed by atoms with Gasteiger partial charge < -0.3 is 14.2 Å². The second-order valence-electron chi connectivity index (χ2n) is 9.34. The molecule has 0 fully saturated rings. The molecule has 4 aromatic rings. The van der Waals surface area contributed by atoms with Gasteiger partial charge in [-0.1, -0.05) is 37.6 Å². The summed E-state index contributed by atoms with van der Waals surface area (Å²) in [5.74, 6) is 0.0542. The summed E-state index contributed by atoms with van der Waals surface area (Å²) in [6.07, 6.45) is 1.20. The van der Waals surface area contributed by atoms with E-state index in [1.54, 1.807) is 31.4 Å². The maximum Gasteiger partial charge on any atom is 0.343 e. The van der Waals surface area contributed by atoms with Gasteiger partial charge >= 0.3 is 11.7 Å². The minimum absolute atomic E-state index is 0.0281. The highest BCUT2D eigenvalue weighted by Gasteiger charge is 2.23. The minimum Gasteiger partial charge on any atom is -0.496 e. The van der Waals surface area contributed by atoms with Crippen molar-refractivity contribution in [1.82, 2.24) is 9.66 Å². The van der Waals surface area contributed by atoms with Crippen molar-refractivity contribution in [3.8, 4) is 22.9 Å². The lowest BCUT2D eigenvalue weighted by molar-refractivity contribution is -0.385. The Balaban J connectivity index is 1.98. The standard InChI is InChI=1S/C29H27ClN4O7/c1-16(2)21-13-22(17(3)10-25(21)39-4)28-32-23-9-7-6-8-20(23)29(36)33(28)31-14-18-11-19(30)12-24(34(37)38)27(18)41-15-26(35)40-5/h6-14,16H,15H2,1-5H3. The van der Waals surface area contributed by atoms with Crippen LogP contribution in [0.3, 0.4) is 0 Å². The van der Waals surface area contributed by atoms with E-state index >= 15 is 0 Å². The Bertz CT molecular complexity index is 1750. The zero-order valence-electron chi connectivity index (χ0n) is 23.0. The van der Waals surface area contributed by atoms with Gasteiger partial charge in [0.25, 0.3) is 5.56 Å². The summed E-state index contributed by atoms with van der Waals surface area (Å²) in [5, 5.41) is 16.5. The number of carbonyl (C=O) groups is 1. The lowest BCUT2D eigenvalue weighted by Gasteiger charge is -2.17. The lowest BCUT2D eigenvalue weighted by atomic mass is 9.96. The molecule has 0 aliphatic rings. The number of nitro groups is 1. The average molecular weight is 579 g/mol. The number of nitro benzene ring substituents is 1. The molecule has 0 saturated heterocycles. The van der Waals surface area contributed by atoms with Crippen molar-refractivity contribution in [2.45, 2.75) is 26.7 Å². The number of rotatable bonds is 9. The molecule has 4 rings (SSSR count). The second-order valence-corrected chi connectivity index (χ2v) is 9.78. The van der Waals surface area contributed by atoms with E-state index in [1.165, 1.54) is 12.3 Å². The van der Waals surface area contributed by atoms with E-state index in [2.05, 4.69) is 9.84 Å². The van der Waals surface area contributed by atoms with Gasteiger partial charge in [0, 0.05) is 22.2 Å². The van der Waals surface area contributed by atoms with Gasteiger partial charge in [-0.15, -0.1) is 0 Å². The fourth-order valence-corrected chi connectivity index (χ4v) is 4.49. The van der Waals surface area contributed by atoms with Crippen LogP contribution in [0.25, 0.3) is 22.3 Å². The average Bonchev–Trinajstić information content (AvgIpc) is 2.95. The predicted octanol–water partition coefficient (Wildman–Crippen LogP) is 5.50. The van der Waals surface area contributed by atoms with E-state index in [0.717, 1.165) is 29.0 Å². The molecule has 0 aliphatic heterocycles. The van der Waals surface area contributed by atoms with Crippen molar-refractivity contribution in [3.05, 3.63) is 90.7 Å². The first kappa shape index (κ1) is 29.2. The van der Waals surface area contributed by atoms with Crippen molar-refractivity contribution < 1.29 is 23.9 Å². The first-order chi connectivity index (χ1) is 19.5. The molecule has 0 atom stereocenters. The number of hydrogen-bond acceptors (Lipinski definition) is 9.